The van der Waals surface area contributed by atoms with Crippen LogP contribution in [-0.4, -0.2) is 24.0 Å². The lowest BCUT2D eigenvalue weighted by Crippen LogP contribution is -2.38. The van der Waals surface area contributed by atoms with Crippen LogP contribution in [0.5, 0.6) is 5.75 Å². The number of nitro groups is 1. The summed E-state index contributed by atoms with van der Waals surface area (Å²) >= 11 is 0. The van der Waals surface area contributed by atoms with Gasteiger partial charge in [0.15, 0.2) is 12.4 Å². The highest BCUT2D eigenvalue weighted by Gasteiger charge is 2.23. The monoisotopic (exact) mass is 326 g/mol. The average Bonchev–Trinajstić information content (AvgIpc) is 2.59. The largest absolute Gasteiger partial charge is 0.477 e. The summed E-state index contributed by atoms with van der Waals surface area (Å²) in [6.07, 6.45) is 1.85. The third-order valence-electron chi connectivity index (χ3n) is 4.07. The van der Waals surface area contributed by atoms with E-state index in [0.29, 0.717) is 6.54 Å². The molecule has 0 radical (unpaired) electrons. The second-order valence-corrected chi connectivity index (χ2v) is 5.79. The summed E-state index contributed by atoms with van der Waals surface area (Å²) in [6.45, 7) is 2.44. The first-order valence-corrected chi connectivity index (χ1v) is 7.82. The topological polar surface area (TPSA) is 72.7 Å². The van der Waals surface area contributed by atoms with Gasteiger partial charge < -0.3 is 9.64 Å². The predicted molar refractivity (Wildman–Crippen MR) is 90.4 cm³/mol. The molecule has 6 nitrogen and oxygen atoms in total. The number of hydrogen-bond acceptors (Lipinski definition) is 4. The molecule has 2 aromatic carbocycles. The van der Waals surface area contributed by atoms with Gasteiger partial charge >= 0.3 is 5.69 Å². The highest BCUT2D eigenvalue weighted by atomic mass is 16.6. The Morgan fingerprint density at radius 2 is 2.08 bits per heavy atom. The molecule has 0 saturated carbocycles. The van der Waals surface area contributed by atoms with Gasteiger partial charge in [0.1, 0.15) is 0 Å². The SMILES string of the molecule is Cc1ccc2c(c1)CCCN2C(=O)COc1ccccc1[N+](=O)[O-]. The van der Waals surface area contributed by atoms with Gasteiger partial charge in [-0.2, -0.15) is 0 Å². The van der Waals surface area contributed by atoms with Crippen molar-refractivity contribution < 1.29 is 14.5 Å². The molecule has 1 amide bonds. The summed E-state index contributed by atoms with van der Waals surface area (Å²) in [7, 11) is 0. The van der Waals surface area contributed by atoms with Crippen molar-refractivity contribution in [3.8, 4) is 5.75 Å². The number of hydrogen-bond donors (Lipinski definition) is 0. The molecule has 0 aliphatic carbocycles. The van der Waals surface area contributed by atoms with E-state index in [9.17, 15) is 14.9 Å². The lowest BCUT2D eigenvalue weighted by molar-refractivity contribution is -0.385. The van der Waals surface area contributed by atoms with Gasteiger partial charge in [-0.3, -0.25) is 14.9 Å². The molecule has 1 aliphatic heterocycles. The van der Waals surface area contributed by atoms with Gasteiger partial charge in [0.05, 0.1) is 4.92 Å². The van der Waals surface area contributed by atoms with E-state index in [2.05, 4.69) is 6.07 Å². The van der Waals surface area contributed by atoms with E-state index in [1.807, 2.05) is 19.1 Å². The van der Waals surface area contributed by atoms with Crippen LogP contribution >= 0.6 is 0 Å². The Kier molecular flexibility index (Phi) is 4.46. The quantitative estimate of drug-likeness (QED) is 0.638. The summed E-state index contributed by atoms with van der Waals surface area (Å²) in [6, 6.07) is 12.1. The Bertz CT molecular complexity index is 788. The smallest absolute Gasteiger partial charge is 0.310 e. The van der Waals surface area contributed by atoms with Gasteiger partial charge in [-0.05, 0) is 37.5 Å². The van der Waals surface area contributed by atoms with Crippen molar-refractivity contribution in [3.63, 3.8) is 0 Å². The molecule has 6 heteroatoms. The molecule has 1 aliphatic rings. The first-order chi connectivity index (χ1) is 11.6. The Morgan fingerprint density at radius 1 is 1.29 bits per heavy atom. The number of carbonyl (C=O) groups is 1. The van der Waals surface area contributed by atoms with Crippen molar-refractivity contribution in [2.75, 3.05) is 18.1 Å². The number of ether oxygens (including phenoxy) is 1. The van der Waals surface area contributed by atoms with Crippen molar-refractivity contribution >= 4 is 17.3 Å². The number of rotatable bonds is 4. The van der Waals surface area contributed by atoms with Gasteiger partial charge in [0.2, 0.25) is 0 Å². The first kappa shape index (κ1) is 16.0. The lowest BCUT2D eigenvalue weighted by Gasteiger charge is -2.29. The third-order valence-corrected chi connectivity index (χ3v) is 4.07. The second kappa shape index (κ2) is 6.70. The van der Waals surface area contributed by atoms with Crippen LogP contribution < -0.4 is 9.64 Å². The van der Waals surface area contributed by atoms with Crippen LogP contribution in [0, 0.1) is 17.0 Å². The van der Waals surface area contributed by atoms with Crippen molar-refractivity contribution in [2.45, 2.75) is 19.8 Å². The van der Waals surface area contributed by atoms with Crippen molar-refractivity contribution in [1.82, 2.24) is 0 Å². The fourth-order valence-corrected chi connectivity index (χ4v) is 2.93. The summed E-state index contributed by atoms with van der Waals surface area (Å²) in [5.74, 6) is -0.0880. The molecule has 24 heavy (non-hydrogen) atoms. The van der Waals surface area contributed by atoms with Crippen molar-refractivity contribution in [1.29, 1.82) is 0 Å². The molecule has 0 saturated heterocycles. The standard InChI is InChI=1S/C18H18N2O4/c1-13-8-9-15-14(11-13)5-4-10-19(15)18(21)12-24-17-7-3-2-6-16(17)20(22)23/h2-3,6-9,11H,4-5,10,12H2,1H3. The Balaban J connectivity index is 1.74. The van der Waals surface area contributed by atoms with Crippen LogP contribution in [0.25, 0.3) is 0 Å². The highest BCUT2D eigenvalue weighted by Crippen LogP contribution is 2.29. The van der Waals surface area contributed by atoms with Crippen LogP contribution in [0.15, 0.2) is 42.5 Å². The van der Waals surface area contributed by atoms with E-state index >= 15 is 0 Å². The molecular formula is C18H18N2O4. The van der Waals surface area contributed by atoms with Crippen LogP contribution in [0.2, 0.25) is 0 Å². The normalized spacial score (nSPS) is 13.3. The number of nitrogens with zero attached hydrogens (tertiary/aromatic N) is 2. The summed E-state index contributed by atoms with van der Waals surface area (Å²) in [5, 5.41) is 11.0. The Morgan fingerprint density at radius 3 is 2.88 bits per heavy atom. The first-order valence-electron chi connectivity index (χ1n) is 7.82. The molecule has 0 fully saturated rings. The minimum absolute atomic E-state index is 0.108. The second-order valence-electron chi connectivity index (χ2n) is 5.79. The zero-order chi connectivity index (χ0) is 17.1. The fraction of sp³-hybridized carbons (Fsp3) is 0.278. The van der Waals surface area contributed by atoms with Crippen LogP contribution in [0.4, 0.5) is 11.4 Å². The number of anilines is 1. The molecule has 0 N–H and O–H groups in total. The molecular weight excluding hydrogens is 308 g/mol. The van der Waals surface area contributed by atoms with E-state index in [4.69, 9.17) is 4.74 Å². The van der Waals surface area contributed by atoms with Gasteiger partial charge in [-0.25, -0.2) is 0 Å². The van der Waals surface area contributed by atoms with Gasteiger partial charge in [-0.1, -0.05) is 29.8 Å². The molecule has 0 atom stereocenters. The van der Waals surface area contributed by atoms with Crippen molar-refractivity contribution in [3.05, 3.63) is 63.7 Å². The van der Waals surface area contributed by atoms with Crippen LogP contribution in [0.1, 0.15) is 17.5 Å². The molecule has 1 heterocycles. The number of aryl methyl sites for hydroxylation is 2. The van der Waals surface area contributed by atoms with E-state index in [-0.39, 0.29) is 24.0 Å². The van der Waals surface area contributed by atoms with Crippen LogP contribution in [-0.2, 0) is 11.2 Å². The van der Waals surface area contributed by atoms with Crippen LogP contribution in [0.3, 0.4) is 0 Å². The molecule has 0 spiro atoms. The molecule has 0 unspecified atom stereocenters. The Labute approximate surface area is 139 Å². The predicted octanol–water partition coefficient (Wildman–Crippen LogP) is 3.26. The number of nitro benzene ring substituents is 1. The number of benzene rings is 2. The summed E-state index contributed by atoms with van der Waals surface area (Å²) in [4.78, 5) is 24.7. The average molecular weight is 326 g/mol. The third kappa shape index (κ3) is 3.22. The zero-order valence-electron chi connectivity index (χ0n) is 13.4. The summed E-state index contributed by atoms with van der Waals surface area (Å²) in [5.41, 5.74) is 3.09. The van der Waals surface area contributed by atoms with E-state index in [1.54, 1.807) is 17.0 Å². The number of amides is 1. The molecule has 2 aromatic rings. The maximum absolute atomic E-state index is 12.5. The van der Waals surface area contributed by atoms with Gasteiger partial charge in [-0.15, -0.1) is 0 Å². The Hall–Kier alpha value is -2.89. The van der Waals surface area contributed by atoms with Crippen molar-refractivity contribution in [2.24, 2.45) is 0 Å². The highest BCUT2D eigenvalue weighted by molar-refractivity contribution is 5.95. The lowest BCUT2D eigenvalue weighted by atomic mass is 9.99. The molecule has 0 bridgehead atoms. The summed E-state index contributed by atoms with van der Waals surface area (Å²) < 4.78 is 5.42. The van der Waals surface area contributed by atoms with E-state index in [0.717, 1.165) is 24.1 Å². The maximum atomic E-state index is 12.5. The molecule has 124 valence electrons. The van der Waals surface area contributed by atoms with E-state index in [1.165, 1.54) is 17.7 Å². The molecule has 3 rings (SSSR count). The van der Waals surface area contributed by atoms with Gasteiger partial charge in [0.25, 0.3) is 5.91 Å². The maximum Gasteiger partial charge on any atom is 0.310 e. The minimum atomic E-state index is -0.515. The van der Waals surface area contributed by atoms with Gasteiger partial charge in [0, 0.05) is 18.3 Å². The minimum Gasteiger partial charge on any atom is -0.477 e. The number of para-hydroxylation sites is 2. The fourth-order valence-electron chi connectivity index (χ4n) is 2.93. The number of fused-ring (bicyclic) bond motifs is 1. The number of carbonyl (C=O) groups excluding carboxylic acids is 1. The zero-order valence-corrected chi connectivity index (χ0v) is 13.4. The molecule has 0 aromatic heterocycles. The van der Waals surface area contributed by atoms with E-state index < -0.39 is 4.92 Å².